The van der Waals surface area contributed by atoms with Crippen molar-refractivity contribution >= 4 is 41.2 Å². The normalized spacial score (nSPS) is 10.7. The van der Waals surface area contributed by atoms with Crippen molar-refractivity contribution in [1.82, 2.24) is 10.7 Å². The number of carbonyl (C=O) groups excluding carboxylic acids is 2. The van der Waals surface area contributed by atoms with Crippen molar-refractivity contribution in [1.29, 1.82) is 0 Å². The van der Waals surface area contributed by atoms with Crippen LogP contribution in [0.3, 0.4) is 0 Å². The van der Waals surface area contributed by atoms with E-state index in [-0.39, 0.29) is 18.5 Å². The predicted octanol–water partition coefficient (Wildman–Crippen LogP) is 3.40. The molecule has 0 spiro atoms. The minimum Gasteiger partial charge on any atom is -0.351 e. The van der Waals surface area contributed by atoms with Gasteiger partial charge in [-0.15, -0.1) is 0 Å². The Kier molecular flexibility index (Phi) is 6.91. The van der Waals surface area contributed by atoms with Gasteiger partial charge in [-0.05, 0) is 24.3 Å². The van der Waals surface area contributed by atoms with Crippen molar-refractivity contribution in [2.75, 3.05) is 6.54 Å². The highest BCUT2D eigenvalue weighted by atomic mass is 35.5. The zero-order chi connectivity index (χ0) is 18.2. The fourth-order valence-corrected chi connectivity index (χ4v) is 2.32. The fraction of sp³-hybridized carbons (Fsp3) is 0.118. The van der Waals surface area contributed by atoms with Gasteiger partial charge in [0.05, 0.1) is 16.8 Å². The summed E-state index contributed by atoms with van der Waals surface area (Å²) in [5.41, 5.74) is 2.84. The van der Waals surface area contributed by atoms with Crippen LogP contribution in [0.15, 0.2) is 47.6 Å². The number of hydrazone groups is 1. The lowest BCUT2D eigenvalue weighted by Crippen LogP contribution is -2.29. The molecule has 25 heavy (non-hydrogen) atoms. The molecule has 0 aromatic heterocycles. The number of nitrogens with zero attached hydrogens (tertiary/aromatic N) is 1. The first-order valence-corrected chi connectivity index (χ1v) is 8.02. The van der Waals surface area contributed by atoms with Crippen LogP contribution >= 0.6 is 23.2 Å². The van der Waals surface area contributed by atoms with Gasteiger partial charge in [-0.1, -0.05) is 41.4 Å². The van der Waals surface area contributed by atoms with E-state index in [2.05, 4.69) is 15.8 Å². The summed E-state index contributed by atoms with van der Waals surface area (Å²) in [4.78, 5) is 23.4. The molecule has 0 saturated carbocycles. The number of amides is 2. The van der Waals surface area contributed by atoms with Gasteiger partial charge in [-0.25, -0.2) is 9.82 Å². The van der Waals surface area contributed by atoms with E-state index >= 15 is 0 Å². The molecule has 0 aliphatic rings. The Bertz CT molecular complexity index is 812. The highest BCUT2D eigenvalue weighted by Crippen LogP contribution is 2.19. The maximum Gasteiger partial charge on any atom is 0.254 e. The fourth-order valence-electron chi connectivity index (χ4n) is 1.87. The van der Waals surface area contributed by atoms with Gasteiger partial charge in [0.15, 0.2) is 0 Å². The number of rotatable bonds is 6. The Morgan fingerprint density at radius 2 is 1.92 bits per heavy atom. The van der Waals surface area contributed by atoms with Crippen LogP contribution in [0.2, 0.25) is 10.0 Å². The number of hydrogen-bond donors (Lipinski definition) is 2. The van der Waals surface area contributed by atoms with Gasteiger partial charge in [0.25, 0.3) is 5.91 Å². The smallest absolute Gasteiger partial charge is 0.254 e. The Hall–Kier alpha value is -2.44. The van der Waals surface area contributed by atoms with E-state index in [1.165, 1.54) is 24.4 Å². The first kappa shape index (κ1) is 18.9. The molecule has 0 radical (unpaired) electrons. The van der Waals surface area contributed by atoms with Crippen molar-refractivity contribution in [3.8, 4) is 0 Å². The summed E-state index contributed by atoms with van der Waals surface area (Å²) >= 11 is 11.7. The lowest BCUT2D eigenvalue weighted by atomic mass is 10.2. The number of benzene rings is 2. The van der Waals surface area contributed by atoms with E-state index in [0.717, 1.165) is 0 Å². The number of nitrogens with one attached hydrogen (secondary N) is 2. The van der Waals surface area contributed by atoms with Gasteiger partial charge in [-0.3, -0.25) is 9.59 Å². The Balaban J connectivity index is 1.76. The molecule has 0 heterocycles. The molecule has 130 valence electrons. The van der Waals surface area contributed by atoms with Gasteiger partial charge in [0, 0.05) is 23.6 Å². The van der Waals surface area contributed by atoms with Crippen LogP contribution in [-0.4, -0.2) is 24.6 Å². The first-order valence-electron chi connectivity index (χ1n) is 7.27. The van der Waals surface area contributed by atoms with Gasteiger partial charge < -0.3 is 5.32 Å². The monoisotopic (exact) mass is 381 g/mol. The minimum absolute atomic E-state index is 0.00805. The number of hydrogen-bond acceptors (Lipinski definition) is 3. The van der Waals surface area contributed by atoms with E-state index in [1.807, 2.05) is 0 Å². The molecule has 0 fully saturated rings. The van der Waals surface area contributed by atoms with Gasteiger partial charge in [0.1, 0.15) is 5.82 Å². The van der Waals surface area contributed by atoms with Crippen molar-refractivity contribution < 1.29 is 14.0 Å². The second-order valence-electron chi connectivity index (χ2n) is 4.94. The minimum atomic E-state index is -0.617. The molecule has 5 nitrogen and oxygen atoms in total. The second kappa shape index (κ2) is 9.15. The lowest BCUT2D eigenvalue weighted by Gasteiger charge is -2.05. The summed E-state index contributed by atoms with van der Waals surface area (Å²) in [5, 5.41) is 7.15. The molecule has 2 aromatic carbocycles. The largest absolute Gasteiger partial charge is 0.351 e. The lowest BCUT2D eigenvalue weighted by molar-refractivity contribution is -0.120. The molecular formula is C17H14Cl2FN3O2. The summed E-state index contributed by atoms with van der Waals surface area (Å²) in [6.07, 6.45) is 1.38. The van der Waals surface area contributed by atoms with Gasteiger partial charge >= 0.3 is 0 Å². The van der Waals surface area contributed by atoms with Crippen LogP contribution < -0.4 is 10.7 Å². The van der Waals surface area contributed by atoms with E-state index in [4.69, 9.17) is 23.2 Å². The SMILES string of the molecule is O=C(CCNC(=O)c1ccccc1F)NN=Cc1ccc(Cl)cc1Cl. The molecule has 0 saturated heterocycles. The zero-order valence-corrected chi connectivity index (χ0v) is 14.4. The molecule has 0 atom stereocenters. The summed E-state index contributed by atoms with van der Waals surface area (Å²) < 4.78 is 13.4. The van der Waals surface area contributed by atoms with E-state index in [1.54, 1.807) is 24.3 Å². The molecule has 0 aliphatic carbocycles. The zero-order valence-electron chi connectivity index (χ0n) is 12.9. The highest BCUT2D eigenvalue weighted by molar-refractivity contribution is 6.36. The second-order valence-corrected chi connectivity index (χ2v) is 5.79. The standard InChI is InChI=1S/C17H14Cl2FN3O2/c18-12-6-5-11(14(19)9-12)10-22-23-16(24)7-8-21-17(25)13-3-1-2-4-15(13)20/h1-6,9-10H,7-8H2,(H,21,25)(H,23,24). The Labute approximate surface area is 153 Å². The average molecular weight is 382 g/mol. The van der Waals surface area contributed by atoms with Crippen LogP contribution in [0.25, 0.3) is 0 Å². The molecule has 2 N–H and O–H groups in total. The van der Waals surface area contributed by atoms with Crippen molar-refractivity contribution in [2.45, 2.75) is 6.42 Å². The van der Waals surface area contributed by atoms with Crippen molar-refractivity contribution in [3.05, 3.63) is 69.5 Å². The highest BCUT2D eigenvalue weighted by Gasteiger charge is 2.10. The predicted molar refractivity (Wildman–Crippen MR) is 95.5 cm³/mol. The molecule has 8 heteroatoms. The molecule has 2 amide bonds. The van der Waals surface area contributed by atoms with Gasteiger partial charge in [-0.2, -0.15) is 5.10 Å². The molecule has 2 aromatic rings. The van der Waals surface area contributed by atoms with E-state index in [9.17, 15) is 14.0 Å². The van der Waals surface area contributed by atoms with E-state index < -0.39 is 17.6 Å². The molecule has 0 bridgehead atoms. The third-order valence-electron chi connectivity index (χ3n) is 3.11. The summed E-state index contributed by atoms with van der Waals surface area (Å²) in [6, 6.07) is 10.5. The maximum absolute atomic E-state index is 13.4. The summed E-state index contributed by atoms with van der Waals surface area (Å²) in [7, 11) is 0. The van der Waals surface area contributed by atoms with Crippen molar-refractivity contribution in [3.63, 3.8) is 0 Å². The van der Waals surface area contributed by atoms with Crippen LogP contribution in [-0.2, 0) is 4.79 Å². The third-order valence-corrected chi connectivity index (χ3v) is 3.67. The Morgan fingerprint density at radius 1 is 1.16 bits per heavy atom. The van der Waals surface area contributed by atoms with Crippen LogP contribution in [0.4, 0.5) is 4.39 Å². The van der Waals surface area contributed by atoms with E-state index in [0.29, 0.717) is 15.6 Å². The average Bonchev–Trinajstić information content (AvgIpc) is 2.57. The molecule has 0 unspecified atom stereocenters. The number of halogens is 3. The third kappa shape index (κ3) is 5.85. The number of carbonyl (C=O) groups is 2. The topological polar surface area (TPSA) is 70.6 Å². The summed E-state index contributed by atoms with van der Waals surface area (Å²) in [5.74, 6) is -1.61. The first-order chi connectivity index (χ1) is 12.0. The van der Waals surface area contributed by atoms with Crippen molar-refractivity contribution in [2.24, 2.45) is 5.10 Å². The summed E-state index contributed by atoms with van der Waals surface area (Å²) in [6.45, 7) is 0.0518. The van der Waals surface area contributed by atoms with Crippen LogP contribution in [0.1, 0.15) is 22.3 Å². The maximum atomic E-state index is 13.4. The van der Waals surface area contributed by atoms with Crippen LogP contribution in [0, 0.1) is 5.82 Å². The van der Waals surface area contributed by atoms with Crippen LogP contribution in [0.5, 0.6) is 0 Å². The molecule has 2 rings (SSSR count). The molecule has 0 aliphatic heterocycles. The quantitative estimate of drug-likeness (QED) is 0.594. The van der Waals surface area contributed by atoms with Gasteiger partial charge in [0.2, 0.25) is 5.91 Å². The molecular weight excluding hydrogens is 368 g/mol. The Morgan fingerprint density at radius 3 is 2.64 bits per heavy atom.